The SMILES string of the molecule is CC(C)(CCl)CNC(=O)c1ccc(Cl)c(Cl)c1. The monoisotopic (exact) mass is 293 g/mol. The summed E-state index contributed by atoms with van der Waals surface area (Å²) in [7, 11) is 0. The lowest BCUT2D eigenvalue weighted by Gasteiger charge is -2.21. The third-order valence-corrected chi connectivity index (χ3v) is 3.73. The fourth-order valence-electron chi connectivity index (χ4n) is 1.11. The maximum Gasteiger partial charge on any atom is 0.251 e. The Kier molecular flexibility index (Phi) is 5.11. The van der Waals surface area contributed by atoms with E-state index in [0.717, 1.165) is 0 Å². The maximum atomic E-state index is 11.8. The summed E-state index contributed by atoms with van der Waals surface area (Å²) in [5.41, 5.74) is 0.359. The Morgan fingerprint density at radius 3 is 2.47 bits per heavy atom. The number of amides is 1. The third kappa shape index (κ3) is 4.38. The van der Waals surface area contributed by atoms with Crippen LogP contribution in [0.5, 0.6) is 0 Å². The molecule has 0 heterocycles. The Morgan fingerprint density at radius 2 is 1.94 bits per heavy atom. The second-order valence-corrected chi connectivity index (χ2v) is 5.69. The Balaban J connectivity index is 2.68. The van der Waals surface area contributed by atoms with Crippen molar-refractivity contribution in [1.29, 1.82) is 0 Å². The fourth-order valence-corrected chi connectivity index (χ4v) is 1.50. The van der Waals surface area contributed by atoms with E-state index in [9.17, 15) is 4.79 Å². The average Bonchev–Trinajstić information content (AvgIpc) is 2.30. The van der Waals surface area contributed by atoms with Crippen molar-refractivity contribution in [3.8, 4) is 0 Å². The van der Waals surface area contributed by atoms with Gasteiger partial charge in [-0.1, -0.05) is 37.0 Å². The van der Waals surface area contributed by atoms with E-state index < -0.39 is 0 Å². The number of hydrogen-bond acceptors (Lipinski definition) is 1. The normalized spacial score (nSPS) is 11.4. The van der Waals surface area contributed by atoms with Crippen molar-refractivity contribution in [2.75, 3.05) is 12.4 Å². The van der Waals surface area contributed by atoms with E-state index >= 15 is 0 Å². The van der Waals surface area contributed by atoms with E-state index in [-0.39, 0.29) is 11.3 Å². The van der Waals surface area contributed by atoms with E-state index in [1.54, 1.807) is 18.2 Å². The van der Waals surface area contributed by atoms with Crippen molar-refractivity contribution in [3.05, 3.63) is 33.8 Å². The quantitative estimate of drug-likeness (QED) is 0.836. The van der Waals surface area contributed by atoms with Gasteiger partial charge in [0.1, 0.15) is 0 Å². The van der Waals surface area contributed by atoms with Crippen LogP contribution in [-0.2, 0) is 0 Å². The third-order valence-electron chi connectivity index (χ3n) is 2.27. The molecule has 0 atom stereocenters. The Labute approximate surface area is 116 Å². The van der Waals surface area contributed by atoms with Crippen LogP contribution in [0.4, 0.5) is 0 Å². The lowest BCUT2D eigenvalue weighted by atomic mass is 9.96. The molecule has 0 saturated heterocycles. The molecule has 0 aromatic heterocycles. The highest BCUT2D eigenvalue weighted by molar-refractivity contribution is 6.42. The molecule has 2 nitrogen and oxygen atoms in total. The second-order valence-electron chi connectivity index (χ2n) is 4.61. The number of benzene rings is 1. The minimum absolute atomic E-state index is 0.132. The van der Waals surface area contributed by atoms with E-state index in [1.807, 2.05) is 13.8 Å². The highest BCUT2D eigenvalue weighted by atomic mass is 35.5. The first kappa shape index (κ1) is 14.6. The molecule has 1 aromatic rings. The average molecular weight is 295 g/mol. The number of hydrogen-bond donors (Lipinski definition) is 1. The first-order chi connectivity index (χ1) is 7.85. The van der Waals surface area contributed by atoms with Crippen molar-refractivity contribution < 1.29 is 4.79 Å². The number of rotatable bonds is 4. The first-order valence-corrected chi connectivity index (χ1v) is 6.44. The summed E-state index contributed by atoms with van der Waals surface area (Å²) in [6, 6.07) is 4.79. The summed E-state index contributed by atoms with van der Waals surface area (Å²) >= 11 is 17.4. The molecular weight excluding hydrogens is 280 g/mol. The number of carbonyl (C=O) groups excluding carboxylic acids is 1. The van der Waals surface area contributed by atoms with Crippen molar-refractivity contribution in [3.63, 3.8) is 0 Å². The lowest BCUT2D eigenvalue weighted by Crippen LogP contribution is -2.34. The predicted molar refractivity (Wildman–Crippen MR) is 73.3 cm³/mol. The van der Waals surface area contributed by atoms with Gasteiger partial charge in [-0.05, 0) is 23.6 Å². The van der Waals surface area contributed by atoms with Gasteiger partial charge in [0.15, 0.2) is 0 Å². The summed E-state index contributed by atoms with van der Waals surface area (Å²) in [5.74, 6) is 0.302. The summed E-state index contributed by atoms with van der Waals surface area (Å²) in [6.07, 6.45) is 0. The smallest absolute Gasteiger partial charge is 0.251 e. The number of nitrogens with one attached hydrogen (secondary N) is 1. The zero-order valence-electron chi connectivity index (χ0n) is 9.69. The van der Waals surface area contributed by atoms with Gasteiger partial charge in [-0.3, -0.25) is 4.79 Å². The molecule has 0 spiro atoms. The molecule has 1 aromatic carbocycles. The molecule has 0 unspecified atom stereocenters. The molecule has 1 rings (SSSR count). The van der Waals surface area contributed by atoms with Crippen LogP contribution in [0.25, 0.3) is 0 Å². The van der Waals surface area contributed by atoms with Crippen LogP contribution < -0.4 is 5.32 Å². The summed E-state index contributed by atoms with van der Waals surface area (Å²) < 4.78 is 0. The van der Waals surface area contributed by atoms with Crippen LogP contribution in [0.3, 0.4) is 0 Å². The molecule has 94 valence electrons. The maximum absolute atomic E-state index is 11.8. The van der Waals surface area contributed by atoms with Crippen LogP contribution in [0, 0.1) is 5.41 Å². The minimum Gasteiger partial charge on any atom is -0.351 e. The van der Waals surface area contributed by atoms with Crippen LogP contribution in [0.1, 0.15) is 24.2 Å². The Bertz CT molecular complexity index is 418. The predicted octanol–water partition coefficient (Wildman–Crippen LogP) is 3.99. The number of carbonyl (C=O) groups is 1. The molecule has 1 amide bonds. The largest absolute Gasteiger partial charge is 0.351 e. The van der Waals surface area contributed by atoms with Crippen LogP contribution in [0.15, 0.2) is 18.2 Å². The topological polar surface area (TPSA) is 29.1 Å². The van der Waals surface area contributed by atoms with Crippen molar-refractivity contribution in [2.24, 2.45) is 5.41 Å². The van der Waals surface area contributed by atoms with Gasteiger partial charge in [0.2, 0.25) is 0 Å². The molecule has 0 saturated carbocycles. The van der Waals surface area contributed by atoms with Crippen LogP contribution in [0.2, 0.25) is 10.0 Å². The Hall–Kier alpha value is -0.440. The molecule has 1 N–H and O–H groups in total. The molecular formula is C12H14Cl3NO. The Morgan fingerprint density at radius 1 is 1.29 bits per heavy atom. The summed E-state index contributed by atoms with van der Waals surface area (Å²) in [5, 5.41) is 3.62. The molecule has 0 fully saturated rings. The van der Waals surface area contributed by atoms with Crippen molar-refractivity contribution in [1.82, 2.24) is 5.32 Å². The van der Waals surface area contributed by atoms with Gasteiger partial charge in [0.25, 0.3) is 5.91 Å². The van der Waals surface area contributed by atoms with Crippen molar-refractivity contribution in [2.45, 2.75) is 13.8 Å². The fraction of sp³-hybridized carbons (Fsp3) is 0.417. The first-order valence-electron chi connectivity index (χ1n) is 5.15. The molecule has 17 heavy (non-hydrogen) atoms. The van der Waals surface area contributed by atoms with Gasteiger partial charge in [0, 0.05) is 18.0 Å². The standard InChI is InChI=1S/C12H14Cl3NO/c1-12(2,6-13)7-16-11(17)8-3-4-9(14)10(15)5-8/h3-5H,6-7H2,1-2H3,(H,16,17). The number of alkyl halides is 1. The van der Waals surface area contributed by atoms with Gasteiger partial charge in [-0.25, -0.2) is 0 Å². The van der Waals surface area contributed by atoms with E-state index in [4.69, 9.17) is 34.8 Å². The number of halogens is 3. The van der Waals surface area contributed by atoms with Gasteiger partial charge in [-0.2, -0.15) is 0 Å². The van der Waals surface area contributed by atoms with Crippen LogP contribution >= 0.6 is 34.8 Å². The van der Waals surface area contributed by atoms with E-state index in [2.05, 4.69) is 5.32 Å². The zero-order chi connectivity index (χ0) is 13.1. The van der Waals surface area contributed by atoms with Crippen molar-refractivity contribution >= 4 is 40.7 Å². The molecule has 5 heteroatoms. The molecule has 0 radical (unpaired) electrons. The highest BCUT2D eigenvalue weighted by Crippen LogP contribution is 2.22. The van der Waals surface area contributed by atoms with Gasteiger partial charge >= 0.3 is 0 Å². The second kappa shape index (κ2) is 5.94. The summed E-state index contributed by atoms with van der Waals surface area (Å²) in [4.78, 5) is 11.8. The zero-order valence-corrected chi connectivity index (χ0v) is 12.0. The summed E-state index contributed by atoms with van der Waals surface area (Å²) in [6.45, 7) is 4.47. The van der Waals surface area contributed by atoms with E-state index in [0.29, 0.717) is 28.0 Å². The lowest BCUT2D eigenvalue weighted by molar-refractivity contribution is 0.0940. The van der Waals surface area contributed by atoms with Gasteiger partial charge in [0.05, 0.1) is 10.0 Å². The highest BCUT2D eigenvalue weighted by Gasteiger charge is 2.18. The van der Waals surface area contributed by atoms with Crippen LogP contribution in [-0.4, -0.2) is 18.3 Å². The minimum atomic E-state index is -0.179. The molecule has 0 aliphatic carbocycles. The van der Waals surface area contributed by atoms with Gasteiger partial charge in [-0.15, -0.1) is 11.6 Å². The van der Waals surface area contributed by atoms with E-state index in [1.165, 1.54) is 0 Å². The molecule has 0 aliphatic rings. The van der Waals surface area contributed by atoms with Gasteiger partial charge < -0.3 is 5.32 Å². The molecule has 0 aliphatic heterocycles. The molecule has 0 bridgehead atoms.